The Bertz CT molecular complexity index is 1170. The van der Waals surface area contributed by atoms with Gasteiger partial charge in [0.05, 0.1) is 30.8 Å². The Morgan fingerprint density at radius 1 is 1.10 bits per heavy atom. The molecule has 0 amide bonds. The van der Waals surface area contributed by atoms with Crippen molar-refractivity contribution in [3.63, 3.8) is 0 Å². The molecule has 0 aromatic rings. The van der Waals surface area contributed by atoms with Crippen molar-refractivity contribution in [1.29, 1.82) is 0 Å². The molecule has 10 nitrogen and oxygen atoms in total. The van der Waals surface area contributed by atoms with E-state index in [9.17, 15) is 24.6 Å². The van der Waals surface area contributed by atoms with E-state index in [1.165, 1.54) is 17.7 Å². The van der Waals surface area contributed by atoms with Gasteiger partial charge >= 0.3 is 11.9 Å². The van der Waals surface area contributed by atoms with Crippen molar-refractivity contribution in [1.82, 2.24) is 0 Å². The Labute approximate surface area is 226 Å². The maximum Gasteiger partial charge on any atom is 0.330 e. The Kier molecular flexibility index (Phi) is 6.43. The molecule has 39 heavy (non-hydrogen) atoms. The average Bonchev–Trinajstić information content (AvgIpc) is 3.69. The number of carbonyl (C=O) groups excluding carboxylic acids is 3. The molecule has 10 heteroatoms. The molecule has 6 rings (SSSR count). The zero-order valence-electron chi connectivity index (χ0n) is 22.4. The second kappa shape index (κ2) is 9.34. The van der Waals surface area contributed by atoms with E-state index >= 15 is 0 Å². The molecule has 4 aliphatic heterocycles. The second-order valence-electron chi connectivity index (χ2n) is 12.0. The highest BCUT2D eigenvalue weighted by Crippen LogP contribution is 2.72. The van der Waals surface area contributed by atoms with E-state index in [0.29, 0.717) is 25.0 Å². The zero-order chi connectivity index (χ0) is 27.6. The molecule has 4 fully saturated rings. The third kappa shape index (κ3) is 3.75. The molecule has 4 heterocycles. The number of ether oxygens (including phenoxy) is 5. The van der Waals surface area contributed by atoms with Gasteiger partial charge in [0.25, 0.3) is 0 Å². The normalized spacial score (nSPS) is 47.7. The summed E-state index contributed by atoms with van der Waals surface area (Å²) < 4.78 is 30.5. The number of hydrogen-bond donors (Lipinski definition) is 2. The van der Waals surface area contributed by atoms with Gasteiger partial charge in [-0.25, -0.2) is 9.59 Å². The molecule has 3 saturated heterocycles. The fourth-order valence-corrected chi connectivity index (χ4v) is 7.92. The van der Waals surface area contributed by atoms with Gasteiger partial charge in [0.15, 0.2) is 11.4 Å². The average molecular weight is 545 g/mol. The van der Waals surface area contributed by atoms with Crippen molar-refractivity contribution >= 4 is 17.7 Å². The van der Waals surface area contributed by atoms with E-state index in [1.807, 2.05) is 0 Å². The molecule has 4 bridgehead atoms. The Morgan fingerprint density at radius 2 is 1.90 bits per heavy atom. The standard InChI is InChI=1S/C29H36O10/c1-17-6-9-27-15-35-24(33)12-18-7-10-36-28(25(18)34,19(31)14-30)8-4-3-5-23(32)39-20-13-22(38-21(27)11-17)29(16-37-29)26(20,27)2/h3,5,11-12,20-22,25,30,34H,4,6-10,13-16H2,1-2H3/b5-3+,18-12-/t20-,21-,22-,25-,26-,27-,28-,29+/m1/s1. The summed E-state index contributed by atoms with van der Waals surface area (Å²) in [7, 11) is 0. The number of esters is 2. The number of aliphatic hydroxyl groups is 2. The summed E-state index contributed by atoms with van der Waals surface area (Å²) in [6, 6.07) is 0. The molecule has 1 saturated carbocycles. The van der Waals surface area contributed by atoms with Crippen LogP contribution < -0.4 is 0 Å². The predicted octanol–water partition coefficient (Wildman–Crippen LogP) is 1.47. The lowest BCUT2D eigenvalue weighted by Crippen LogP contribution is -2.66. The number of epoxide rings is 1. The van der Waals surface area contributed by atoms with Gasteiger partial charge in [-0.2, -0.15) is 0 Å². The van der Waals surface area contributed by atoms with Gasteiger partial charge in [-0.3, -0.25) is 4.79 Å². The van der Waals surface area contributed by atoms with Gasteiger partial charge in [0.2, 0.25) is 0 Å². The fourth-order valence-electron chi connectivity index (χ4n) is 7.92. The summed E-state index contributed by atoms with van der Waals surface area (Å²) in [5.41, 5.74) is -2.22. The van der Waals surface area contributed by atoms with Gasteiger partial charge in [0, 0.05) is 24.0 Å². The first-order valence-electron chi connectivity index (χ1n) is 13.8. The van der Waals surface area contributed by atoms with E-state index in [-0.39, 0.29) is 44.7 Å². The first kappa shape index (κ1) is 26.8. The molecule has 6 aliphatic rings. The van der Waals surface area contributed by atoms with Crippen molar-refractivity contribution in [2.75, 3.05) is 26.4 Å². The van der Waals surface area contributed by atoms with Crippen LogP contribution in [-0.2, 0) is 38.1 Å². The predicted molar refractivity (Wildman–Crippen MR) is 134 cm³/mol. The number of Topliss-reactive ketones (excluding diaryl/α,β-unsaturated/α-hetero) is 1. The lowest BCUT2D eigenvalue weighted by Gasteiger charge is -2.58. The van der Waals surface area contributed by atoms with Crippen LogP contribution in [0.1, 0.15) is 52.4 Å². The largest absolute Gasteiger partial charge is 0.462 e. The summed E-state index contributed by atoms with van der Waals surface area (Å²) in [5.74, 6) is -1.87. The summed E-state index contributed by atoms with van der Waals surface area (Å²) in [6.45, 7) is 3.88. The van der Waals surface area contributed by atoms with Crippen LogP contribution in [0, 0.1) is 10.8 Å². The van der Waals surface area contributed by atoms with Crippen LogP contribution in [-0.4, -0.2) is 90.0 Å². The van der Waals surface area contributed by atoms with E-state index in [1.54, 1.807) is 6.08 Å². The van der Waals surface area contributed by atoms with Gasteiger partial charge in [-0.1, -0.05) is 24.6 Å². The maximum absolute atomic E-state index is 13.2. The Morgan fingerprint density at radius 3 is 2.64 bits per heavy atom. The second-order valence-corrected chi connectivity index (χ2v) is 12.0. The minimum atomic E-state index is -1.73. The van der Waals surface area contributed by atoms with Crippen molar-refractivity contribution in [2.24, 2.45) is 10.8 Å². The van der Waals surface area contributed by atoms with Crippen LogP contribution >= 0.6 is 0 Å². The smallest absolute Gasteiger partial charge is 0.330 e. The number of allylic oxidation sites excluding steroid dienone is 2. The third-order valence-electron chi connectivity index (χ3n) is 10.3. The van der Waals surface area contributed by atoms with Crippen LogP contribution in [0.5, 0.6) is 0 Å². The quantitative estimate of drug-likeness (QED) is 0.298. The van der Waals surface area contributed by atoms with Crippen LogP contribution in [0.2, 0.25) is 0 Å². The van der Waals surface area contributed by atoms with Gasteiger partial charge in [0.1, 0.15) is 31.0 Å². The summed E-state index contributed by atoms with van der Waals surface area (Å²) in [5, 5.41) is 20.8. The lowest BCUT2D eigenvalue weighted by atomic mass is 9.51. The van der Waals surface area contributed by atoms with Crippen molar-refractivity contribution in [3.8, 4) is 0 Å². The Hall–Kier alpha value is -2.37. The number of ketones is 1. The minimum Gasteiger partial charge on any atom is -0.462 e. The lowest BCUT2D eigenvalue weighted by molar-refractivity contribution is -0.232. The first-order valence-corrected chi connectivity index (χ1v) is 13.8. The highest BCUT2D eigenvalue weighted by atomic mass is 16.6. The zero-order valence-corrected chi connectivity index (χ0v) is 22.4. The topological polar surface area (TPSA) is 141 Å². The molecular formula is C29H36O10. The molecule has 0 unspecified atom stereocenters. The van der Waals surface area contributed by atoms with E-state index in [2.05, 4.69) is 19.9 Å². The number of hydrogen-bond acceptors (Lipinski definition) is 10. The van der Waals surface area contributed by atoms with E-state index < -0.39 is 58.6 Å². The highest BCUT2D eigenvalue weighted by molar-refractivity contribution is 5.90. The summed E-state index contributed by atoms with van der Waals surface area (Å²) in [4.78, 5) is 39.1. The molecule has 2 N–H and O–H groups in total. The maximum atomic E-state index is 13.2. The van der Waals surface area contributed by atoms with Crippen LogP contribution in [0.15, 0.2) is 35.5 Å². The molecule has 0 aromatic carbocycles. The molecule has 2 spiro atoms. The van der Waals surface area contributed by atoms with Gasteiger partial charge < -0.3 is 33.9 Å². The van der Waals surface area contributed by atoms with Crippen molar-refractivity contribution in [3.05, 3.63) is 35.5 Å². The molecule has 0 aromatic heterocycles. The number of carbonyl (C=O) groups is 3. The third-order valence-corrected chi connectivity index (χ3v) is 10.3. The first-order chi connectivity index (χ1) is 18.6. The van der Waals surface area contributed by atoms with E-state index in [0.717, 1.165) is 6.42 Å². The Balaban J connectivity index is 1.41. The molecule has 8 atom stereocenters. The fraction of sp³-hybridized carbons (Fsp3) is 0.690. The van der Waals surface area contributed by atoms with Gasteiger partial charge in [-0.05, 0) is 44.6 Å². The highest BCUT2D eigenvalue weighted by Gasteiger charge is 2.83. The number of cyclic esters (lactones) is 1. The molecule has 0 radical (unpaired) electrons. The number of aliphatic hydroxyl groups excluding tert-OH is 2. The van der Waals surface area contributed by atoms with Crippen LogP contribution in [0.25, 0.3) is 0 Å². The monoisotopic (exact) mass is 544 g/mol. The van der Waals surface area contributed by atoms with Gasteiger partial charge in [-0.15, -0.1) is 0 Å². The number of fused-ring (bicyclic) bond motifs is 2. The van der Waals surface area contributed by atoms with Crippen LogP contribution in [0.4, 0.5) is 0 Å². The van der Waals surface area contributed by atoms with Crippen molar-refractivity contribution < 1.29 is 48.3 Å². The van der Waals surface area contributed by atoms with Crippen molar-refractivity contribution in [2.45, 2.75) is 88.0 Å². The summed E-state index contributed by atoms with van der Waals surface area (Å²) >= 11 is 0. The van der Waals surface area contributed by atoms with E-state index in [4.69, 9.17) is 23.7 Å². The minimum absolute atomic E-state index is 0.00815. The molecule has 2 aliphatic carbocycles. The SMILES string of the molecule is CC1=C[C@H]2O[C@@H]3C[C@H]4OC(=O)/C=C/CC[C@]5(C(=O)CO)OCC/C(=C/C(=O)OC[C@@]2(CC1)[C@]4(C)[C@]31CO1)[C@H]5O. The number of rotatable bonds is 2. The van der Waals surface area contributed by atoms with Crippen LogP contribution in [0.3, 0.4) is 0 Å². The molecule has 212 valence electrons. The summed E-state index contributed by atoms with van der Waals surface area (Å²) in [6.07, 6.45) is 6.04. The molecular weight excluding hydrogens is 508 g/mol.